The lowest BCUT2D eigenvalue weighted by Crippen LogP contribution is -2.26. The largest absolute Gasteiger partial charge is 0.480 e. The van der Waals surface area contributed by atoms with E-state index in [1.807, 2.05) is 11.4 Å². The van der Waals surface area contributed by atoms with Crippen LogP contribution in [0.2, 0.25) is 0 Å². The number of carbonyl (C=O) groups is 2. The minimum atomic E-state index is -0.891. The first kappa shape index (κ1) is 16.6. The Balaban J connectivity index is 1.98. The number of nitrogens with one attached hydrogen (secondary N) is 1. The lowest BCUT2D eigenvalue weighted by molar-refractivity contribution is -0.136. The molecular formula is C16H17NO3S2. The van der Waals surface area contributed by atoms with Gasteiger partial charge < -0.3 is 10.4 Å². The Kier molecular flexibility index (Phi) is 6.03. The molecule has 1 atom stereocenters. The van der Waals surface area contributed by atoms with Crippen LogP contribution in [0.5, 0.6) is 0 Å². The monoisotopic (exact) mass is 335 g/mol. The van der Waals surface area contributed by atoms with Gasteiger partial charge >= 0.3 is 5.97 Å². The number of carboxylic acid groups (broad SMARTS) is 1. The van der Waals surface area contributed by atoms with Crippen LogP contribution in [-0.2, 0) is 11.2 Å². The normalized spacial score (nSPS) is 11.9. The molecule has 0 radical (unpaired) electrons. The van der Waals surface area contributed by atoms with Gasteiger partial charge in [-0.1, -0.05) is 12.1 Å². The third kappa shape index (κ3) is 4.61. The number of hydrogen-bond acceptors (Lipinski definition) is 4. The minimum Gasteiger partial charge on any atom is -0.480 e. The van der Waals surface area contributed by atoms with Crippen LogP contribution in [0, 0.1) is 0 Å². The van der Waals surface area contributed by atoms with E-state index in [9.17, 15) is 9.59 Å². The van der Waals surface area contributed by atoms with Gasteiger partial charge in [-0.25, -0.2) is 0 Å². The smallest absolute Gasteiger partial charge is 0.316 e. The fourth-order valence-electron chi connectivity index (χ4n) is 1.85. The Hall–Kier alpha value is -1.79. The first-order chi connectivity index (χ1) is 10.6. The standard InChI is InChI=1S/C16H17NO3S2/c1-11(16(19)20)22-14-5-3-2-4-13(14)15(18)17-8-6-12-7-9-21-10-12/h2-5,7,9-11H,6,8H2,1H3,(H,17,18)(H,19,20). The second-order valence-electron chi connectivity index (χ2n) is 4.73. The summed E-state index contributed by atoms with van der Waals surface area (Å²) in [4.78, 5) is 23.9. The molecule has 2 rings (SSSR count). The molecular weight excluding hydrogens is 318 g/mol. The average molecular weight is 335 g/mol. The van der Waals surface area contributed by atoms with Crippen LogP contribution in [-0.4, -0.2) is 28.8 Å². The van der Waals surface area contributed by atoms with Gasteiger partial charge in [0.2, 0.25) is 0 Å². The summed E-state index contributed by atoms with van der Waals surface area (Å²) >= 11 is 2.81. The average Bonchev–Trinajstić information content (AvgIpc) is 3.00. The molecule has 0 aliphatic carbocycles. The van der Waals surface area contributed by atoms with E-state index in [1.165, 1.54) is 17.3 Å². The SMILES string of the molecule is CC(Sc1ccccc1C(=O)NCCc1ccsc1)C(=O)O. The molecule has 6 heteroatoms. The molecule has 1 heterocycles. The number of thioether (sulfide) groups is 1. The maximum Gasteiger partial charge on any atom is 0.316 e. The Bertz CT molecular complexity index is 641. The van der Waals surface area contributed by atoms with Crippen LogP contribution in [0.4, 0.5) is 0 Å². The zero-order valence-electron chi connectivity index (χ0n) is 12.1. The van der Waals surface area contributed by atoms with E-state index in [1.54, 1.807) is 42.5 Å². The van der Waals surface area contributed by atoms with Crippen LogP contribution in [0.25, 0.3) is 0 Å². The summed E-state index contributed by atoms with van der Waals surface area (Å²) in [6.07, 6.45) is 0.788. The number of amides is 1. The van der Waals surface area contributed by atoms with Crippen LogP contribution >= 0.6 is 23.1 Å². The molecule has 116 valence electrons. The maximum atomic E-state index is 12.3. The van der Waals surface area contributed by atoms with Crippen molar-refractivity contribution in [2.45, 2.75) is 23.5 Å². The van der Waals surface area contributed by atoms with Crippen molar-refractivity contribution in [1.29, 1.82) is 0 Å². The maximum absolute atomic E-state index is 12.3. The number of carbonyl (C=O) groups excluding carboxylic acids is 1. The summed E-state index contributed by atoms with van der Waals surface area (Å²) < 4.78 is 0. The van der Waals surface area contributed by atoms with Gasteiger partial charge in [0.05, 0.1) is 5.56 Å². The van der Waals surface area contributed by atoms with Gasteiger partial charge in [-0.05, 0) is 47.9 Å². The topological polar surface area (TPSA) is 66.4 Å². The van der Waals surface area contributed by atoms with Crippen molar-refractivity contribution in [3.05, 3.63) is 52.2 Å². The summed E-state index contributed by atoms with van der Waals surface area (Å²) in [7, 11) is 0. The molecule has 0 saturated carbocycles. The highest BCUT2D eigenvalue weighted by Gasteiger charge is 2.17. The number of rotatable bonds is 7. The van der Waals surface area contributed by atoms with Gasteiger partial charge in [-0.2, -0.15) is 11.3 Å². The molecule has 1 unspecified atom stereocenters. The third-order valence-corrected chi connectivity index (χ3v) is 4.96. The van der Waals surface area contributed by atoms with Crippen LogP contribution in [0.15, 0.2) is 46.0 Å². The van der Waals surface area contributed by atoms with E-state index in [0.29, 0.717) is 17.0 Å². The summed E-state index contributed by atoms with van der Waals surface area (Å²) in [5, 5.41) is 15.4. The molecule has 0 aliphatic rings. The van der Waals surface area contributed by atoms with Crippen molar-refractivity contribution < 1.29 is 14.7 Å². The van der Waals surface area contributed by atoms with Gasteiger partial charge in [0.1, 0.15) is 5.25 Å². The van der Waals surface area contributed by atoms with Crippen molar-refractivity contribution in [3.63, 3.8) is 0 Å². The van der Waals surface area contributed by atoms with Crippen LogP contribution in [0.1, 0.15) is 22.8 Å². The van der Waals surface area contributed by atoms with Crippen LogP contribution in [0.3, 0.4) is 0 Å². The highest BCUT2D eigenvalue weighted by atomic mass is 32.2. The number of thiophene rings is 1. The molecule has 0 fully saturated rings. The second kappa shape index (κ2) is 8.00. The Morgan fingerprint density at radius 3 is 2.77 bits per heavy atom. The Morgan fingerprint density at radius 2 is 2.09 bits per heavy atom. The third-order valence-electron chi connectivity index (χ3n) is 3.06. The van der Waals surface area contributed by atoms with E-state index in [0.717, 1.165) is 6.42 Å². The predicted molar refractivity (Wildman–Crippen MR) is 89.8 cm³/mol. The van der Waals surface area contributed by atoms with Gasteiger partial charge in [0.15, 0.2) is 0 Å². The lowest BCUT2D eigenvalue weighted by Gasteiger charge is -2.11. The number of aliphatic carboxylic acids is 1. The molecule has 1 aromatic carbocycles. The molecule has 22 heavy (non-hydrogen) atoms. The molecule has 0 saturated heterocycles. The fraction of sp³-hybridized carbons (Fsp3) is 0.250. The van der Waals surface area contributed by atoms with Crippen molar-refractivity contribution >= 4 is 35.0 Å². The van der Waals surface area contributed by atoms with Gasteiger partial charge in [-0.3, -0.25) is 9.59 Å². The van der Waals surface area contributed by atoms with Crippen molar-refractivity contribution in [2.24, 2.45) is 0 Å². The van der Waals surface area contributed by atoms with Crippen molar-refractivity contribution in [2.75, 3.05) is 6.54 Å². The lowest BCUT2D eigenvalue weighted by atomic mass is 10.2. The van der Waals surface area contributed by atoms with Gasteiger partial charge in [0, 0.05) is 11.4 Å². The van der Waals surface area contributed by atoms with E-state index < -0.39 is 11.2 Å². The molecule has 0 spiro atoms. The van der Waals surface area contributed by atoms with E-state index >= 15 is 0 Å². The number of carboxylic acids is 1. The van der Waals surface area contributed by atoms with E-state index in [2.05, 4.69) is 10.7 Å². The summed E-state index contributed by atoms with van der Waals surface area (Å²) in [6.45, 7) is 2.17. The first-order valence-corrected chi connectivity index (χ1v) is 8.68. The predicted octanol–water partition coefficient (Wildman–Crippen LogP) is 3.29. The molecule has 2 aromatic rings. The number of hydrogen-bond donors (Lipinski definition) is 2. The molecule has 0 bridgehead atoms. The summed E-state index contributed by atoms with van der Waals surface area (Å²) in [5.74, 6) is -1.06. The Labute approximate surface area is 137 Å². The molecule has 2 N–H and O–H groups in total. The molecule has 4 nitrogen and oxygen atoms in total. The first-order valence-electron chi connectivity index (χ1n) is 6.85. The van der Waals surface area contributed by atoms with Crippen LogP contribution < -0.4 is 5.32 Å². The Morgan fingerprint density at radius 1 is 1.32 bits per heavy atom. The van der Waals surface area contributed by atoms with Gasteiger partial charge in [0.25, 0.3) is 5.91 Å². The summed E-state index contributed by atoms with van der Waals surface area (Å²) in [5.41, 5.74) is 1.72. The van der Waals surface area contributed by atoms with E-state index in [4.69, 9.17) is 5.11 Å². The quantitative estimate of drug-likeness (QED) is 0.762. The zero-order valence-corrected chi connectivity index (χ0v) is 13.7. The highest BCUT2D eigenvalue weighted by Crippen LogP contribution is 2.26. The minimum absolute atomic E-state index is 0.170. The van der Waals surface area contributed by atoms with Crippen molar-refractivity contribution in [3.8, 4) is 0 Å². The molecule has 0 aliphatic heterocycles. The fourth-order valence-corrected chi connectivity index (χ4v) is 3.48. The second-order valence-corrected chi connectivity index (χ2v) is 6.89. The van der Waals surface area contributed by atoms with Gasteiger partial charge in [-0.15, -0.1) is 11.8 Å². The highest BCUT2D eigenvalue weighted by molar-refractivity contribution is 8.00. The molecule has 1 aromatic heterocycles. The number of benzene rings is 1. The summed E-state index contributed by atoms with van der Waals surface area (Å²) in [6, 6.07) is 9.12. The zero-order chi connectivity index (χ0) is 15.9. The van der Waals surface area contributed by atoms with E-state index in [-0.39, 0.29) is 5.91 Å². The van der Waals surface area contributed by atoms with Crippen molar-refractivity contribution in [1.82, 2.24) is 5.32 Å². The molecule has 1 amide bonds.